The zero-order valence-electron chi connectivity index (χ0n) is 13.4. The van der Waals surface area contributed by atoms with Crippen molar-refractivity contribution in [3.8, 4) is 0 Å². The third-order valence-corrected chi connectivity index (χ3v) is 6.38. The zero-order valence-corrected chi connectivity index (χ0v) is 15.0. The number of nitrogens with zero attached hydrogens (tertiary/aromatic N) is 4. The molecule has 12 heteroatoms. The Morgan fingerprint density at radius 2 is 1.88 bits per heavy atom. The van der Waals surface area contributed by atoms with E-state index in [4.69, 9.17) is 4.74 Å². The van der Waals surface area contributed by atoms with E-state index >= 15 is 0 Å². The Labute approximate surface area is 143 Å². The van der Waals surface area contributed by atoms with Crippen LogP contribution >= 0.6 is 11.3 Å². The van der Waals surface area contributed by atoms with E-state index in [1.807, 2.05) is 0 Å². The molecule has 0 saturated carbocycles. The topological polar surface area (TPSA) is 122 Å². The molecule has 2 heterocycles. The number of ether oxygens (including phenoxy) is 1. The van der Waals surface area contributed by atoms with Crippen LogP contribution in [-0.2, 0) is 19.6 Å². The molecule has 1 fully saturated rings. The first-order valence-corrected chi connectivity index (χ1v) is 9.69. The quantitative estimate of drug-likeness (QED) is 0.735. The Hall–Kier alpha value is -1.79. The molecule has 24 heavy (non-hydrogen) atoms. The van der Waals surface area contributed by atoms with Gasteiger partial charge in [0.1, 0.15) is 0 Å². The molecule has 0 atom stereocenters. The van der Waals surface area contributed by atoms with Gasteiger partial charge in [-0.1, -0.05) is 18.3 Å². The van der Waals surface area contributed by atoms with Crippen LogP contribution in [-0.4, -0.2) is 72.6 Å². The number of carbonyl (C=O) groups is 2. The van der Waals surface area contributed by atoms with Crippen molar-refractivity contribution in [3.05, 3.63) is 0 Å². The summed E-state index contributed by atoms with van der Waals surface area (Å²) in [4.78, 5) is 24.4. The lowest BCUT2D eigenvalue weighted by atomic mass is 10.4. The maximum absolute atomic E-state index is 12.5. The van der Waals surface area contributed by atoms with Gasteiger partial charge in [0, 0.05) is 32.6 Å². The molecule has 10 nitrogen and oxygen atoms in total. The zero-order chi connectivity index (χ0) is 17.7. The van der Waals surface area contributed by atoms with E-state index in [1.54, 1.807) is 13.8 Å². The summed E-state index contributed by atoms with van der Waals surface area (Å²) in [6, 6.07) is 0. The third-order valence-electron chi connectivity index (χ3n) is 3.30. The minimum absolute atomic E-state index is 0.144. The maximum Gasteiger partial charge on any atom is 0.409 e. The number of aromatic nitrogens is 2. The minimum Gasteiger partial charge on any atom is -0.450 e. The number of amides is 2. The number of piperazine rings is 1. The Morgan fingerprint density at radius 1 is 1.21 bits per heavy atom. The summed E-state index contributed by atoms with van der Waals surface area (Å²) in [5.74, 6) is -0.266. The van der Waals surface area contributed by atoms with Gasteiger partial charge in [-0.05, 0) is 6.92 Å². The standard InChI is InChI=1S/C12H19N5O5S2/c1-3-9(18)13-10-14-15-11(23-10)24(20,21)17-7-5-16(6-8-17)12(19)22-4-2/h3-8H2,1-2H3,(H,13,14,18). The molecule has 1 N–H and O–H groups in total. The predicted molar refractivity (Wildman–Crippen MR) is 86.2 cm³/mol. The monoisotopic (exact) mass is 377 g/mol. The highest BCUT2D eigenvalue weighted by molar-refractivity contribution is 7.91. The molecular weight excluding hydrogens is 358 g/mol. The molecule has 1 saturated heterocycles. The Morgan fingerprint density at radius 3 is 2.46 bits per heavy atom. The number of sulfonamides is 1. The van der Waals surface area contributed by atoms with Crippen LogP contribution in [0, 0.1) is 0 Å². The van der Waals surface area contributed by atoms with Gasteiger partial charge in [-0.2, -0.15) is 4.31 Å². The van der Waals surface area contributed by atoms with Crippen LogP contribution in [0.2, 0.25) is 0 Å². The van der Waals surface area contributed by atoms with Crippen LogP contribution in [0.5, 0.6) is 0 Å². The van der Waals surface area contributed by atoms with Crippen molar-refractivity contribution in [3.63, 3.8) is 0 Å². The van der Waals surface area contributed by atoms with Gasteiger partial charge in [0.25, 0.3) is 10.0 Å². The molecule has 0 radical (unpaired) electrons. The second-order valence-electron chi connectivity index (χ2n) is 4.86. The van der Waals surface area contributed by atoms with E-state index in [1.165, 1.54) is 9.21 Å². The average Bonchev–Trinajstić information content (AvgIpc) is 3.04. The smallest absolute Gasteiger partial charge is 0.409 e. The number of nitrogens with one attached hydrogen (secondary N) is 1. The average molecular weight is 377 g/mol. The van der Waals surface area contributed by atoms with E-state index < -0.39 is 16.1 Å². The molecule has 1 aliphatic heterocycles. The van der Waals surface area contributed by atoms with E-state index in [-0.39, 0.29) is 54.6 Å². The molecule has 0 bridgehead atoms. The lowest BCUT2D eigenvalue weighted by molar-refractivity contribution is -0.115. The Balaban J connectivity index is 2.01. The number of carbonyl (C=O) groups excluding carboxylic acids is 2. The van der Waals surface area contributed by atoms with Gasteiger partial charge in [-0.3, -0.25) is 4.79 Å². The van der Waals surface area contributed by atoms with Crippen LogP contribution < -0.4 is 5.32 Å². The molecule has 1 aromatic rings. The lowest BCUT2D eigenvalue weighted by Gasteiger charge is -2.32. The van der Waals surface area contributed by atoms with E-state index in [0.29, 0.717) is 0 Å². The van der Waals surface area contributed by atoms with Crippen molar-refractivity contribution in [1.29, 1.82) is 0 Å². The van der Waals surface area contributed by atoms with Gasteiger partial charge < -0.3 is 15.0 Å². The molecule has 0 unspecified atom stereocenters. The van der Waals surface area contributed by atoms with Crippen LogP contribution in [0.3, 0.4) is 0 Å². The third kappa shape index (κ3) is 4.19. The minimum atomic E-state index is -3.80. The summed E-state index contributed by atoms with van der Waals surface area (Å²) >= 11 is 0.803. The van der Waals surface area contributed by atoms with Crippen molar-refractivity contribution >= 4 is 38.5 Å². The fourth-order valence-corrected chi connectivity index (χ4v) is 4.49. The van der Waals surface area contributed by atoms with Crippen LogP contribution in [0.15, 0.2) is 4.34 Å². The summed E-state index contributed by atoms with van der Waals surface area (Å²) in [7, 11) is -3.80. The van der Waals surface area contributed by atoms with Crippen molar-refractivity contribution in [1.82, 2.24) is 19.4 Å². The molecule has 1 aromatic heterocycles. The van der Waals surface area contributed by atoms with Crippen LogP contribution in [0.25, 0.3) is 0 Å². The van der Waals surface area contributed by atoms with Gasteiger partial charge in [-0.25, -0.2) is 13.2 Å². The fourth-order valence-electron chi connectivity index (χ4n) is 2.01. The summed E-state index contributed by atoms with van der Waals surface area (Å²) in [5, 5.41) is 9.95. The van der Waals surface area contributed by atoms with Crippen molar-refractivity contribution in [2.45, 2.75) is 24.6 Å². The molecule has 0 spiro atoms. The van der Waals surface area contributed by atoms with Crippen molar-refractivity contribution in [2.24, 2.45) is 0 Å². The van der Waals surface area contributed by atoms with Gasteiger partial charge in [-0.15, -0.1) is 10.2 Å². The maximum atomic E-state index is 12.5. The van der Waals surface area contributed by atoms with Gasteiger partial charge in [0.05, 0.1) is 6.61 Å². The first-order chi connectivity index (χ1) is 11.4. The SMILES string of the molecule is CCOC(=O)N1CCN(S(=O)(=O)c2nnc(NC(=O)CC)s2)CC1. The molecule has 134 valence electrons. The van der Waals surface area contributed by atoms with Crippen molar-refractivity contribution in [2.75, 3.05) is 38.1 Å². The van der Waals surface area contributed by atoms with Gasteiger partial charge >= 0.3 is 6.09 Å². The second kappa shape index (κ2) is 7.85. The molecule has 1 aliphatic rings. The summed E-state index contributed by atoms with van der Waals surface area (Å²) in [5.41, 5.74) is 0. The number of hydrogen-bond donors (Lipinski definition) is 1. The molecule has 2 amide bonds. The summed E-state index contributed by atoms with van der Waals surface area (Å²) < 4.78 is 31.0. The number of rotatable bonds is 5. The first-order valence-electron chi connectivity index (χ1n) is 7.43. The highest BCUT2D eigenvalue weighted by atomic mass is 32.2. The Bertz CT molecular complexity index is 696. The molecular formula is C12H19N5O5S2. The normalized spacial score (nSPS) is 16.0. The molecule has 0 aromatic carbocycles. The number of anilines is 1. The molecule has 0 aliphatic carbocycles. The lowest BCUT2D eigenvalue weighted by Crippen LogP contribution is -2.50. The van der Waals surface area contributed by atoms with Crippen LogP contribution in [0.1, 0.15) is 20.3 Å². The largest absolute Gasteiger partial charge is 0.450 e. The van der Waals surface area contributed by atoms with Gasteiger partial charge in [0.2, 0.25) is 15.4 Å². The molecule has 2 rings (SSSR count). The Kier molecular flexibility index (Phi) is 6.07. The van der Waals surface area contributed by atoms with Crippen LogP contribution in [0.4, 0.5) is 9.93 Å². The highest BCUT2D eigenvalue weighted by Crippen LogP contribution is 2.24. The predicted octanol–water partition coefficient (Wildman–Crippen LogP) is 0.349. The van der Waals surface area contributed by atoms with Crippen molar-refractivity contribution < 1.29 is 22.7 Å². The fraction of sp³-hybridized carbons (Fsp3) is 0.667. The van der Waals surface area contributed by atoms with Gasteiger partial charge in [0.15, 0.2) is 0 Å². The summed E-state index contributed by atoms with van der Waals surface area (Å²) in [6.07, 6.45) is -0.188. The second-order valence-corrected chi connectivity index (χ2v) is 7.95. The first kappa shape index (κ1) is 18.5. The van der Waals surface area contributed by atoms with E-state index in [9.17, 15) is 18.0 Å². The van der Waals surface area contributed by atoms with E-state index in [0.717, 1.165) is 11.3 Å². The highest BCUT2D eigenvalue weighted by Gasteiger charge is 2.33. The number of hydrogen-bond acceptors (Lipinski definition) is 8. The summed E-state index contributed by atoms with van der Waals surface area (Å²) in [6.45, 7) is 4.45. The van der Waals surface area contributed by atoms with E-state index in [2.05, 4.69) is 15.5 Å².